The van der Waals surface area contributed by atoms with Crippen molar-refractivity contribution in [2.45, 2.75) is 0 Å². The van der Waals surface area contributed by atoms with Gasteiger partial charge in [0.2, 0.25) is 0 Å². The maximum atomic E-state index is 3.57. The van der Waals surface area contributed by atoms with Crippen LogP contribution in [0.5, 0.6) is 0 Å². The average Bonchev–Trinajstić information content (AvgIpc) is 1.21. The SMILES string of the molecule is [Si][Si]([Si])[Si][Si]([Si])([Si])[Si]. The van der Waals surface area contributed by atoms with Gasteiger partial charge in [0.25, 0.3) is 0 Å². The third kappa shape index (κ3) is 7.74. The second-order valence-electron chi connectivity index (χ2n) is 1.25. The van der Waals surface area contributed by atoms with Crippen molar-refractivity contribution in [3.05, 3.63) is 0 Å². The Kier molecular flexibility index (Phi) is 4.62. The molecule has 0 N–H and O–H groups in total. The second-order valence-corrected chi connectivity index (χ2v) is 33.8. The molecule has 0 fully saturated rings. The normalized spacial score (nSPS) is 12.8. The summed E-state index contributed by atoms with van der Waals surface area (Å²) in [7, 11) is 18.2. The third-order valence-electron chi connectivity index (χ3n) is 0.312. The maximum Gasteiger partial charge on any atom is 0 e. The molecule has 0 aliphatic rings. The molecule has 0 amide bonds. The highest BCUT2D eigenvalue weighted by atomic mass is 30.2. The van der Waals surface area contributed by atoms with E-state index < -0.39 is 13.5 Å². The number of rotatable bonds is 2. The van der Waals surface area contributed by atoms with Gasteiger partial charge in [-0.15, -0.1) is 0 Å². The molecule has 0 aliphatic heterocycles. The lowest BCUT2D eigenvalue weighted by atomic mass is 25.9. The first-order valence-corrected chi connectivity index (χ1v) is 15.8. The summed E-state index contributed by atoms with van der Waals surface area (Å²) in [6.07, 6.45) is -1.33. The van der Waals surface area contributed by atoms with Crippen LogP contribution >= 0.6 is 0 Å². The number of hydrogen-bond acceptors (Lipinski definition) is 0. The van der Waals surface area contributed by atoms with E-state index in [9.17, 15) is 0 Å². The molecule has 18 radical (unpaired) electrons. The quantitative estimate of drug-likeness (QED) is 0.438. The molecule has 8 heteroatoms. The zero-order chi connectivity index (χ0) is 6.78. The average molecular weight is 225 g/mol. The van der Waals surface area contributed by atoms with E-state index in [1.54, 1.807) is 0 Å². The largest absolute Gasteiger partial charge is 0 e. The number of hydrogen-bond donors (Lipinski definition) is 0. The van der Waals surface area contributed by atoms with Crippen molar-refractivity contribution in [1.29, 1.82) is 0 Å². The molecule has 0 nitrogen and oxygen atoms in total. The van der Waals surface area contributed by atoms with E-state index in [1.807, 2.05) is 0 Å². The maximum absolute atomic E-state index is 3.57. The summed E-state index contributed by atoms with van der Waals surface area (Å²) in [5.74, 6) is 0. The van der Waals surface area contributed by atoms with Gasteiger partial charge in [0.15, 0.2) is 0 Å². The van der Waals surface area contributed by atoms with Gasteiger partial charge in [0.05, 0.1) is 0 Å². The first-order chi connectivity index (χ1) is 3.42. The van der Waals surface area contributed by atoms with E-state index >= 15 is 0 Å². The fourth-order valence-electron chi connectivity index (χ4n) is 0.188. The van der Waals surface area contributed by atoms with Crippen molar-refractivity contribution < 1.29 is 0 Å². The smallest absolute Gasteiger partial charge is 0 e. The zero-order valence-corrected chi connectivity index (χ0v) is 12.0. The van der Waals surface area contributed by atoms with E-state index in [2.05, 4.69) is 48.8 Å². The Morgan fingerprint density at radius 2 is 1.50 bits per heavy atom. The summed E-state index contributed by atoms with van der Waals surface area (Å²) in [5, 5.41) is 0. The summed E-state index contributed by atoms with van der Waals surface area (Å²) in [6.45, 7) is 0. The predicted octanol–water partition coefficient (Wildman–Crippen LogP) is -3.05. The van der Waals surface area contributed by atoms with Crippen molar-refractivity contribution in [3.63, 3.8) is 0 Å². The molecule has 0 aromatic rings. The van der Waals surface area contributed by atoms with Crippen LogP contribution in [0, 0.1) is 0 Å². The van der Waals surface area contributed by atoms with Crippen LogP contribution in [0.2, 0.25) is 0 Å². The van der Waals surface area contributed by atoms with Crippen LogP contribution in [-0.4, -0.2) is 70.8 Å². The van der Waals surface area contributed by atoms with Gasteiger partial charge in [-0.2, -0.15) is 0 Å². The van der Waals surface area contributed by atoms with Gasteiger partial charge in [0, 0.05) is 70.8 Å². The minimum Gasteiger partial charge on any atom is 0 e. The van der Waals surface area contributed by atoms with Crippen LogP contribution in [0.15, 0.2) is 0 Å². The lowest BCUT2D eigenvalue weighted by molar-refractivity contribution is 3.61. The Morgan fingerprint density at radius 3 is 1.50 bits per heavy atom. The minimum atomic E-state index is -1.33. The lowest BCUT2D eigenvalue weighted by Gasteiger charge is -2.15. The van der Waals surface area contributed by atoms with Crippen LogP contribution in [0.3, 0.4) is 0 Å². The van der Waals surface area contributed by atoms with E-state index in [1.165, 1.54) is 0 Å². The Hall–Kier alpha value is 1.74. The van der Waals surface area contributed by atoms with Crippen molar-refractivity contribution in [2.75, 3.05) is 0 Å². The monoisotopic (exact) mass is 224 g/mol. The molecule has 0 aromatic heterocycles. The van der Waals surface area contributed by atoms with Crippen molar-refractivity contribution in [1.82, 2.24) is 0 Å². The van der Waals surface area contributed by atoms with Gasteiger partial charge < -0.3 is 0 Å². The molecule has 8 heavy (non-hydrogen) atoms. The van der Waals surface area contributed by atoms with Gasteiger partial charge in [0.1, 0.15) is 0 Å². The molecular weight excluding hydrogens is 225 g/mol. The Labute approximate surface area is 70.7 Å². The molecule has 0 atom stereocenters. The van der Waals surface area contributed by atoms with Crippen LogP contribution in [0.1, 0.15) is 0 Å². The van der Waals surface area contributed by atoms with Gasteiger partial charge in [-0.3, -0.25) is 0 Å². The van der Waals surface area contributed by atoms with Crippen LogP contribution in [0.25, 0.3) is 0 Å². The Balaban J connectivity index is 3.39. The van der Waals surface area contributed by atoms with Crippen LogP contribution in [0.4, 0.5) is 0 Å². The van der Waals surface area contributed by atoms with Crippen LogP contribution < -0.4 is 0 Å². The molecule has 0 heterocycles. The van der Waals surface area contributed by atoms with E-state index in [0.717, 1.165) is 8.55 Å². The first kappa shape index (κ1) is 9.74. The summed E-state index contributed by atoms with van der Waals surface area (Å²) in [5.41, 5.74) is 0. The minimum absolute atomic E-state index is 0.437. The molecule has 0 bridgehead atoms. The lowest BCUT2D eigenvalue weighted by Crippen LogP contribution is -2.53. The third-order valence-corrected chi connectivity index (χ3v) is 25.3. The van der Waals surface area contributed by atoms with Gasteiger partial charge in [-0.1, -0.05) is 0 Å². The van der Waals surface area contributed by atoms with Gasteiger partial charge in [-0.05, 0) is 0 Å². The molecule has 0 aromatic carbocycles. The topological polar surface area (TPSA) is 0 Å². The van der Waals surface area contributed by atoms with Gasteiger partial charge >= 0.3 is 0 Å². The second kappa shape index (κ2) is 3.80. The fraction of sp³-hybridized carbons (Fsp3) is 0. The molecule has 0 aliphatic carbocycles. The van der Waals surface area contributed by atoms with Crippen molar-refractivity contribution in [2.24, 2.45) is 0 Å². The summed E-state index contributed by atoms with van der Waals surface area (Å²) < 4.78 is 0. The van der Waals surface area contributed by atoms with E-state index in [4.69, 9.17) is 0 Å². The summed E-state index contributed by atoms with van der Waals surface area (Å²) >= 11 is 0. The fourth-order valence-corrected chi connectivity index (χ4v) is 45.6. The predicted molar refractivity (Wildman–Crippen MR) is 46.0 cm³/mol. The van der Waals surface area contributed by atoms with Crippen molar-refractivity contribution in [3.8, 4) is 0 Å². The van der Waals surface area contributed by atoms with E-state index in [-0.39, 0.29) is 0 Å². The molecule has 0 saturated carbocycles. The Morgan fingerprint density at radius 1 is 1.12 bits per heavy atom. The zero-order valence-electron chi connectivity index (χ0n) is 4.00. The van der Waals surface area contributed by atoms with Crippen molar-refractivity contribution >= 4 is 70.8 Å². The summed E-state index contributed by atoms with van der Waals surface area (Å²) in [4.78, 5) is 0. The van der Waals surface area contributed by atoms with Gasteiger partial charge in [-0.25, -0.2) is 0 Å². The Bertz CT molecular complexity index is 54.9. The molecule has 32 valence electrons. The standard InChI is InChI=1S/Si8/c1-7(2)6-8(3,4)5. The van der Waals surface area contributed by atoms with Crippen LogP contribution in [-0.2, 0) is 0 Å². The molecular formula is Si8. The first-order valence-electron chi connectivity index (χ1n) is 1.75. The molecule has 0 spiro atoms. The van der Waals surface area contributed by atoms with E-state index in [0.29, 0.717) is 0 Å². The molecule has 0 rings (SSSR count). The molecule has 0 saturated heterocycles. The highest BCUT2D eigenvalue weighted by Crippen LogP contribution is 1.77. The summed E-state index contributed by atoms with van der Waals surface area (Å²) in [6, 6.07) is 0. The highest BCUT2D eigenvalue weighted by Gasteiger charge is 2.15. The molecule has 0 unspecified atom stereocenters. The highest BCUT2D eigenvalue weighted by molar-refractivity contribution is 7.91.